The van der Waals surface area contributed by atoms with Crippen molar-refractivity contribution in [3.05, 3.63) is 70.7 Å². The standard InChI is InChI=1S/C27H32ClNO4/c1-27(2,3)17-24(30)23(11-7-10-19-12-14-21(28)15-13-19)25(31)29-22(18-33-26(29)32)16-20-8-5-4-6-9-20/h4-6,8-9,12-15,22-23H,7,10-11,16-18H2,1-3H3/t22?,23-/m0/s1. The van der Waals surface area contributed by atoms with Gasteiger partial charge in [-0.2, -0.15) is 0 Å². The Hall–Kier alpha value is -2.66. The largest absolute Gasteiger partial charge is 0.447 e. The minimum Gasteiger partial charge on any atom is -0.447 e. The minimum atomic E-state index is -0.861. The lowest BCUT2D eigenvalue weighted by molar-refractivity contribution is -0.140. The average Bonchev–Trinajstić information content (AvgIpc) is 3.11. The molecule has 0 radical (unpaired) electrons. The lowest BCUT2D eigenvalue weighted by atomic mass is 9.83. The SMILES string of the molecule is CC(C)(C)CC(=O)[C@H](CCCc1ccc(Cl)cc1)C(=O)N1C(=O)OCC1Cc1ccccc1. The summed E-state index contributed by atoms with van der Waals surface area (Å²) in [7, 11) is 0. The summed E-state index contributed by atoms with van der Waals surface area (Å²) in [6, 6.07) is 16.8. The number of carbonyl (C=O) groups is 3. The zero-order chi connectivity index (χ0) is 24.0. The van der Waals surface area contributed by atoms with Crippen LogP contribution in [0.15, 0.2) is 54.6 Å². The van der Waals surface area contributed by atoms with E-state index in [1.807, 2.05) is 75.4 Å². The van der Waals surface area contributed by atoms with E-state index in [9.17, 15) is 14.4 Å². The average molecular weight is 470 g/mol. The van der Waals surface area contributed by atoms with E-state index in [4.69, 9.17) is 16.3 Å². The van der Waals surface area contributed by atoms with Gasteiger partial charge in [0.05, 0.1) is 12.0 Å². The molecule has 5 nitrogen and oxygen atoms in total. The maximum atomic E-state index is 13.6. The molecule has 2 atom stereocenters. The number of hydrogen-bond donors (Lipinski definition) is 0. The Kier molecular flexibility index (Phi) is 8.30. The number of benzene rings is 2. The molecule has 0 bridgehead atoms. The predicted molar refractivity (Wildman–Crippen MR) is 129 cm³/mol. The monoisotopic (exact) mass is 469 g/mol. The van der Waals surface area contributed by atoms with Gasteiger partial charge in [0.15, 0.2) is 0 Å². The first-order valence-electron chi connectivity index (χ1n) is 11.4. The van der Waals surface area contributed by atoms with Crippen molar-refractivity contribution in [1.82, 2.24) is 4.90 Å². The number of nitrogens with zero attached hydrogens (tertiary/aromatic N) is 1. The van der Waals surface area contributed by atoms with E-state index in [0.29, 0.717) is 24.3 Å². The van der Waals surface area contributed by atoms with Gasteiger partial charge in [-0.3, -0.25) is 9.59 Å². The normalized spacial score (nSPS) is 17.0. The van der Waals surface area contributed by atoms with Crippen LogP contribution in [0.3, 0.4) is 0 Å². The number of Topliss-reactive ketones (excluding diaryl/α,β-unsaturated/α-hetero) is 1. The van der Waals surface area contributed by atoms with Gasteiger partial charge in [-0.1, -0.05) is 74.8 Å². The number of halogens is 1. The van der Waals surface area contributed by atoms with Crippen LogP contribution in [0.1, 0.15) is 51.2 Å². The van der Waals surface area contributed by atoms with Crippen molar-refractivity contribution in [3.63, 3.8) is 0 Å². The number of cyclic esters (lactones) is 1. The molecular weight excluding hydrogens is 438 g/mol. The minimum absolute atomic E-state index is 0.123. The van der Waals surface area contributed by atoms with Crippen molar-refractivity contribution in [2.45, 2.75) is 58.9 Å². The number of ether oxygens (including phenoxy) is 1. The van der Waals surface area contributed by atoms with E-state index in [-0.39, 0.29) is 24.2 Å². The first-order chi connectivity index (χ1) is 15.6. The highest BCUT2D eigenvalue weighted by atomic mass is 35.5. The molecule has 2 aromatic rings. The summed E-state index contributed by atoms with van der Waals surface area (Å²) < 4.78 is 5.23. The van der Waals surface area contributed by atoms with Crippen LogP contribution in [0.25, 0.3) is 0 Å². The molecule has 1 unspecified atom stereocenters. The maximum Gasteiger partial charge on any atom is 0.417 e. The summed E-state index contributed by atoms with van der Waals surface area (Å²) in [5.41, 5.74) is 1.86. The van der Waals surface area contributed by atoms with Crippen LogP contribution in [-0.4, -0.2) is 35.3 Å². The van der Waals surface area contributed by atoms with Crippen LogP contribution < -0.4 is 0 Å². The molecule has 2 amide bonds. The van der Waals surface area contributed by atoms with Gasteiger partial charge >= 0.3 is 6.09 Å². The van der Waals surface area contributed by atoms with Crippen LogP contribution in [0.5, 0.6) is 0 Å². The number of amides is 2. The second-order valence-electron chi connectivity index (χ2n) is 9.90. The van der Waals surface area contributed by atoms with Crippen LogP contribution in [-0.2, 0) is 27.2 Å². The Morgan fingerprint density at radius 1 is 1.06 bits per heavy atom. The first-order valence-corrected chi connectivity index (χ1v) is 11.8. The number of rotatable bonds is 9. The molecule has 1 aliphatic rings. The lowest BCUT2D eigenvalue weighted by Crippen LogP contribution is -2.46. The molecule has 2 aromatic carbocycles. The predicted octanol–water partition coefficient (Wildman–Crippen LogP) is 5.87. The third-order valence-corrected chi connectivity index (χ3v) is 6.03. The van der Waals surface area contributed by atoms with Gasteiger partial charge in [0, 0.05) is 11.4 Å². The fourth-order valence-electron chi connectivity index (χ4n) is 4.16. The van der Waals surface area contributed by atoms with Crippen molar-refractivity contribution < 1.29 is 19.1 Å². The summed E-state index contributed by atoms with van der Waals surface area (Å²) >= 11 is 5.96. The molecule has 33 heavy (non-hydrogen) atoms. The molecular formula is C27H32ClNO4. The fourth-order valence-corrected chi connectivity index (χ4v) is 4.29. The molecule has 0 aromatic heterocycles. The molecule has 0 aliphatic carbocycles. The first kappa shape index (κ1) is 25.0. The van der Waals surface area contributed by atoms with Crippen LogP contribution in [0.4, 0.5) is 4.79 Å². The Morgan fingerprint density at radius 3 is 2.36 bits per heavy atom. The van der Waals surface area contributed by atoms with E-state index < -0.39 is 24.0 Å². The van der Waals surface area contributed by atoms with E-state index in [1.54, 1.807) is 0 Å². The van der Waals surface area contributed by atoms with E-state index >= 15 is 0 Å². The molecule has 0 N–H and O–H groups in total. The van der Waals surface area contributed by atoms with Gasteiger partial charge in [-0.05, 0) is 54.4 Å². The Balaban J connectivity index is 1.75. The van der Waals surface area contributed by atoms with Gasteiger partial charge in [-0.25, -0.2) is 9.69 Å². The number of imide groups is 1. The summed E-state index contributed by atoms with van der Waals surface area (Å²) in [5, 5.41) is 0.671. The smallest absolute Gasteiger partial charge is 0.417 e. The number of aryl methyl sites for hydroxylation is 1. The second-order valence-corrected chi connectivity index (χ2v) is 10.3. The van der Waals surface area contributed by atoms with Gasteiger partial charge < -0.3 is 4.74 Å². The highest BCUT2D eigenvalue weighted by Gasteiger charge is 2.43. The maximum absolute atomic E-state index is 13.6. The van der Waals surface area contributed by atoms with E-state index in [0.717, 1.165) is 17.5 Å². The third kappa shape index (κ3) is 7.16. The van der Waals surface area contributed by atoms with Crippen LogP contribution in [0, 0.1) is 11.3 Å². The lowest BCUT2D eigenvalue weighted by Gasteiger charge is -2.26. The molecule has 1 saturated heterocycles. The molecule has 0 spiro atoms. The van der Waals surface area contributed by atoms with E-state index in [2.05, 4.69) is 0 Å². The second kappa shape index (κ2) is 11.0. The van der Waals surface area contributed by atoms with Crippen molar-refractivity contribution in [3.8, 4) is 0 Å². The van der Waals surface area contributed by atoms with Crippen molar-refractivity contribution >= 4 is 29.4 Å². The summed E-state index contributed by atoms with van der Waals surface area (Å²) in [5.74, 6) is -1.42. The van der Waals surface area contributed by atoms with Crippen molar-refractivity contribution in [2.24, 2.45) is 11.3 Å². The van der Waals surface area contributed by atoms with Crippen LogP contribution >= 0.6 is 11.6 Å². The molecule has 3 rings (SSSR count). The zero-order valence-corrected chi connectivity index (χ0v) is 20.3. The number of ketones is 1. The Bertz CT molecular complexity index is 966. The highest BCUT2D eigenvalue weighted by molar-refractivity contribution is 6.30. The van der Waals surface area contributed by atoms with E-state index in [1.165, 1.54) is 4.90 Å². The van der Waals surface area contributed by atoms with Crippen molar-refractivity contribution in [1.29, 1.82) is 0 Å². The van der Waals surface area contributed by atoms with Gasteiger partial charge in [0.25, 0.3) is 0 Å². The molecule has 0 saturated carbocycles. The zero-order valence-electron chi connectivity index (χ0n) is 19.6. The summed E-state index contributed by atoms with van der Waals surface area (Å²) in [6.45, 7) is 6.07. The molecule has 176 valence electrons. The molecule has 1 aliphatic heterocycles. The Labute approximate surface area is 201 Å². The Morgan fingerprint density at radius 2 is 1.73 bits per heavy atom. The van der Waals surface area contributed by atoms with Crippen LogP contribution in [0.2, 0.25) is 5.02 Å². The number of carbonyl (C=O) groups excluding carboxylic acids is 3. The summed E-state index contributed by atoms with van der Waals surface area (Å²) in [6.07, 6.45) is 1.88. The van der Waals surface area contributed by atoms with Crippen molar-refractivity contribution in [2.75, 3.05) is 6.61 Å². The number of hydrogen-bond acceptors (Lipinski definition) is 4. The highest BCUT2D eigenvalue weighted by Crippen LogP contribution is 2.28. The molecule has 1 fully saturated rings. The summed E-state index contributed by atoms with van der Waals surface area (Å²) in [4.78, 5) is 40.5. The quantitative estimate of drug-likeness (QED) is 0.430. The topological polar surface area (TPSA) is 63.7 Å². The van der Waals surface area contributed by atoms with Gasteiger partial charge in [0.1, 0.15) is 12.4 Å². The fraction of sp³-hybridized carbons (Fsp3) is 0.444. The molecule has 1 heterocycles. The molecule has 6 heteroatoms. The third-order valence-electron chi connectivity index (χ3n) is 5.78. The van der Waals surface area contributed by atoms with Gasteiger partial charge in [-0.15, -0.1) is 0 Å². The van der Waals surface area contributed by atoms with Gasteiger partial charge in [0.2, 0.25) is 5.91 Å².